The van der Waals surface area contributed by atoms with Crippen LogP contribution >= 0.6 is 0 Å². The summed E-state index contributed by atoms with van der Waals surface area (Å²) in [6, 6.07) is 5.83. The molecule has 8 heteroatoms. The molecule has 1 unspecified atom stereocenters. The highest BCUT2D eigenvalue weighted by Crippen LogP contribution is 2.30. The topological polar surface area (TPSA) is 85.1 Å². The number of halogens is 1. The van der Waals surface area contributed by atoms with Gasteiger partial charge in [-0.2, -0.15) is 9.97 Å². The molecule has 1 saturated heterocycles. The highest BCUT2D eigenvalue weighted by atomic mass is 19.1. The molecule has 0 aliphatic carbocycles. The molecule has 0 amide bonds. The van der Waals surface area contributed by atoms with Gasteiger partial charge in [0, 0.05) is 6.61 Å². The quantitative estimate of drug-likeness (QED) is 0.768. The Morgan fingerprint density at radius 2 is 2.12 bits per heavy atom. The smallest absolute Gasteiger partial charge is 0.318 e. The molecule has 124 valence electrons. The Bertz CT molecular complexity index is 876. The summed E-state index contributed by atoms with van der Waals surface area (Å²) in [6.45, 7) is 0.682. The molecule has 0 bridgehead atoms. The largest absolute Gasteiger partial charge is 0.479 e. The van der Waals surface area contributed by atoms with Crippen molar-refractivity contribution >= 4 is 22.7 Å². The molecule has 4 rings (SSSR count). The molecule has 3 heterocycles. The molecule has 24 heavy (non-hydrogen) atoms. The lowest BCUT2D eigenvalue weighted by atomic mass is 10.2. The number of benzene rings is 1. The van der Waals surface area contributed by atoms with E-state index in [2.05, 4.69) is 20.3 Å². The summed E-state index contributed by atoms with van der Waals surface area (Å²) in [5.41, 5.74) is 1.15. The van der Waals surface area contributed by atoms with E-state index in [-0.39, 0.29) is 17.7 Å². The van der Waals surface area contributed by atoms with E-state index in [1.807, 2.05) is 0 Å². The zero-order chi connectivity index (χ0) is 16.5. The van der Waals surface area contributed by atoms with Crippen LogP contribution in [0.4, 0.5) is 15.9 Å². The average molecular weight is 329 g/mol. The Hall–Kier alpha value is -2.74. The lowest BCUT2D eigenvalue weighted by Gasteiger charge is -2.23. The first-order valence-electron chi connectivity index (χ1n) is 7.79. The minimum atomic E-state index is -0.418. The fraction of sp³-hybridized carbons (Fsp3) is 0.312. The lowest BCUT2D eigenvalue weighted by molar-refractivity contribution is -0.0298. The Labute approximate surface area is 137 Å². The van der Waals surface area contributed by atoms with Crippen molar-refractivity contribution in [1.82, 2.24) is 19.5 Å². The summed E-state index contributed by atoms with van der Waals surface area (Å²) in [5, 5.41) is 12.7. The van der Waals surface area contributed by atoms with Gasteiger partial charge in [-0.3, -0.25) is 4.57 Å². The fourth-order valence-corrected chi connectivity index (χ4v) is 2.84. The molecule has 7 nitrogen and oxygen atoms in total. The van der Waals surface area contributed by atoms with Gasteiger partial charge in [-0.15, -0.1) is 0 Å². The second kappa shape index (κ2) is 6.04. The summed E-state index contributed by atoms with van der Waals surface area (Å²) in [4.78, 5) is 12.3. The van der Waals surface area contributed by atoms with Crippen molar-refractivity contribution < 1.29 is 14.2 Å². The first-order chi connectivity index (χ1) is 11.7. The minimum Gasteiger partial charge on any atom is -0.479 e. The monoisotopic (exact) mass is 329 g/mol. The van der Waals surface area contributed by atoms with Crippen molar-refractivity contribution in [3.63, 3.8) is 0 Å². The van der Waals surface area contributed by atoms with Gasteiger partial charge in [0.2, 0.25) is 0 Å². The number of anilines is 2. The Kier molecular flexibility index (Phi) is 3.73. The van der Waals surface area contributed by atoms with Crippen LogP contribution < -0.4 is 5.32 Å². The summed E-state index contributed by atoms with van der Waals surface area (Å²) >= 11 is 0. The number of hydrogen-bond acceptors (Lipinski definition) is 6. The molecule has 0 spiro atoms. The van der Waals surface area contributed by atoms with E-state index in [1.165, 1.54) is 6.07 Å². The van der Waals surface area contributed by atoms with Crippen molar-refractivity contribution in [3.05, 3.63) is 36.4 Å². The van der Waals surface area contributed by atoms with Crippen LogP contribution in [0.3, 0.4) is 0 Å². The minimum absolute atomic E-state index is 0.167. The van der Waals surface area contributed by atoms with Gasteiger partial charge in [0.1, 0.15) is 12.0 Å². The number of nitrogens with one attached hydrogen (secondary N) is 1. The molecule has 1 aliphatic heterocycles. The third-order valence-corrected chi connectivity index (χ3v) is 4.00. The predicted octanol–water partition coefficient (Wildman–Crippen LogP) is 3.11. The Balaban J connectivity index is 1.76. The molecular weight excluding hydrogens is 313 g/mol. The zero-order valence-electron chi connectivity index (χ0n) is 12.8. The number of para-hydroxylation sites is 1. The Morgan fingerprint density at radius 3 is 2.92 bits per heavy atom. The zero-order valence-corrected chi connectivity index (χ0v) is 12.8. The average Bonchev–Trinajstić information content (AvgIpc) is 3.01. The van der Waals surface area contributed by atoms with Gasteiger partial charge in [-0.25, -0.2) is 9.37 Å². The van der Waals surface area contributed by atoms with Crippen LogP contribution in [0.25, 0.3) is 11.2 Å². The van der Waals surface area contributed by atoms with E-state index in [1.54, 1.807) is 29.1 Å². The van der Waals surface area contributed by atoms with Crippen molar-refractivity contribution in [3.8, 4) is 6.01 Å². The molecular formula is C16H16FN5O2. The second-order valence-corrected chi connectivity index (χ2v) is 5.62. The number of imidazole rings is 1. The van der Waals surface area contributed by atoms with Gasteiger partial charge >= 0.3 is 6.01 Å². The molecule has 1 aliphatic rings. The van der Waals surface area contributed by atoms with Gasteiger partial charge in [0.05, 0.1) is 12.0 Å². The number of aromatic nitrogens is 4. The number of rotatable bonds is 3. The van der Waals surface area contributed by atoms with Crippen molar-refractivity contribution in [2.24, 2.45) is 0 Å². The van der Waals surface area contributed by atoms with E-state index in [0.29, 0.717) is 17.8 Å². The maximum atomic E-state index is 13.9. The third kappa shape index (κ3) is 2.65. The van der Waals surface area contributed by atoms with Crippen LogP contribution in [0.15, 0.2) is 30.6 Å². The third-order valence-electron chi connectivity index (χ3n) is 4.00. The number of fused-ring (bicyclic) bond motifs is 1. The molecule has 0 radical (unpaired) electrons. The highest BCUT2D eigenvalue weighted by molar-refractivity contribution is 5.85. The molecule has 1 fully saturated rings. The van der Waals surface area contributed by atoms with Gasteiger partial charge < -0.3 is 15.2 Å². The van der Waals surface area contributed by atoms with Crippen LogP contribution in [-0.2, 0) is 4.74 Å². The second-order valence-electron chi connectivity index (χ2n) is 5.62. The van der Waals surface area contributed by atoms with E-state index in [0.717, 1.165) is 19.3 Å². The van der Waals surface area contributed by atoms with Crippen molar-refractivity contribution in [1.29, 1.82) is 0 Å². The molecule has 1 atom stereocenters. The highest BCUT2D eigenvalue weighted by Gasteiger charge is 2.21. The molecule has 2 aromatic heterocycles. The standard InChI is InChI=1S/C16H16FN5O2/c17-10-5-1-2-6-11(10)19-14-13-15(21-16(23)20-14)22(9-18-13)12-7-3-4-8-24-12/h1-2,5-6,9,12H,3-4,7-8H2,(H2,19,20,21,23). The van der Waals surface area contributed by atoms with E-state index in [9.17, 15) is 9.50 Å². The van der Waals surface area contributed by atoms with E-state index >= 15 is 0 Å². The van der Waals surface area contributed by atoms with E-state index in [4.69, 9.17) is 4.74 Å². The molecule has 0 saturated carbocycles. The van der Waals surface area contributed by atoms with Gasteiger partial charge in [-0.05, 0) is 31.4 Å². The van der Waals surface area contributed by atoms with Gasteiger partial charge in [0.15, 0.2) is 17.0 Å². The summed E-state index contributed by atoms with van der Waals surface area (Å²) in [7, 11) is 0. The summed E-state index contributed by atoms with van der Waals surface area (Å²) in [5.74, 6) is -0.170. The van der Waals surface area contributed by atoms with Gasteiger partial charge in [-0.1, -0.05) is 12.1 Å². The maximum absolute atomic E-state index is 13.9. The number of ether oxygens (including phenoxy) is 1. The summed E-state index contributed by atoms with van der Waals surface area (Å²) < 4.78 is 21.4. The van der Waals surface area contributed by atoms with Crippen LogP contribution in [-0.4, -0.2) is 31.2 Å². The van der Waals surface area contributed by atoms with Crippen LogP contribution in [0, 0.1) is 5.82 Å². The first-order valence-corrected chi connectivity index (χ1v) is 7.79. The van der Waals surface area contributed by atoms with Crippen LogP contribution in [0.2, 0.25) is 0 Å². The number of aromatic hydroxyl groups is 1. The van der Waals surface area contributed by atoms with E-state index < -0.39 is 11.8 Å². The normalized spacial score (nSPS) is 18.0. The summed E-state index contributed by atoms with van der Waals surface area (Å²) in [6.07, 6.45) is 4.39. The Morgan fingerprint density at radius 1 is 1.25 bits per heavy atom. The molecule has 1 aromatic carbocycles. The molecule has 2 N–H and O–H groups in total. The first kappa shape index (κ1) is 14.8. The maximum Gasteiger partial charge on any atom is 0.318 e. The van der Waals surface area contributed by atoms with Crippen LogP contribution in [0.1, 0.15) is 25.5 Å². The predicted molar refractivity (Wildman–Crippen MR) is 85.5 cm³/mol. The lowest BCUT2D eigenvalue weighted by Crippen LogP contribution is -2.17. The van der Waals surface area contributed by atoms with Gasteiger partial charge in [0.25, 0.3) is 0 Å². The number of hydrogen-bond donors (Lipinski definition) is 2. The number of nitrogens with zero attached hydrogens (tertiary/aromatic N) is 4. The SMILES string of the molecule is Oc1nc(Nc2ccccc2F)c2ncn(C3CCCCO3)c2n1. The van der Waals surface area contributed by atoms with Crippen LogP contribution in [0.5, 0.6) is 6.01 Å². The molecule has 3 aromatic rings. The fourth-order valence-electron chi connectivity index (χ4n) is 2.84. The van der Waals surface area contributed by atoms with Crippen molar-refractivity contribution in [2.45, 2.75) is 25.5 Å². The van der Waals surface area contributed by atoms with Crippen molar-refractivity contribution in [2.75, 3.05) is 11.9 Å².